The van der Waals surface area contributed by atoms with E-state index in [9.17, 15) is 9.59 Å². The number of halogens is 1. The van der Waals surface area contributed by atoms with E-state index in [4.69, 9.17) is 20.8 Å². The van der Waals surface area contributed by atoms with Crippen molar-refractivity contribution in [3.63, 3.8) is 0 Å². The fourth-order valence-corrected chi connectivity index (χ4v) is 3.59. The Morgan fingerprint density at radius 3 is 2.50 bits per heavy atom. The van der Waals surface area contributed by atoms with Crippen LogP contribution < -0.4 is 5.32 Å². The van der Waals surface area contributed by atoms with E-state index in [-0.39, 0.29) is 23.7 Å². The second-order valence-electron chi connectivity index (χ2n) is 6.99. The molecular formula is C22H20ClNO4. The molecular weight excluding hydrogens is 378 g/mol. The van der Waals surface area contributed by atoms with Gasteiger partial charge in [0.05, 0.1) is 5.56 Å². The maximum atomic E-state index is 12.4. The van der Waals surface area contributed by atoms with Crippen LogP contribution in [0.25, 0.3) is 11.0 Å². The van der Waals surface area contributed by atoms with Crippen molar-refractivity contribution >= 4 is 40.1 Å². The van der Waals surface area contributed by atoms with Gasteiger partial charge in [-0.3, -0.25) is 4.79 Å². The summed E-state index contributed by atoms with van der Waals surface area (Å²) >= 11 is 5.96. The van der Waals surface area contributed by atoms with E-state index in [1.54, 1.807) is 48.5 Å². The Balaban J connectivity index is 1.40. The van der Waals surface area contributed by atoms with Gasteiger partial charge in [-0.15, -0.1) is 0 Å². The van der Waals surface area contributed by atoms with Crippen molar-refractivity contribution in [3.8, 4) is 0 Å². The molecule has 28 heavy (non-hydrogen) atoms. The quantitative estimate of drug-likeness (QED) is 0.562. The minimum Gasteiger partial charge on any atom is -0.459 e. The van der Waals surface area contributed by atoms with Crippen LogP contribution in [0.1, 0.15) is 53.0 Å². The van der Waals surface area contributed by atoms with Gasteiger partial charge in [0, 0.05) is 16.1 Å². The lowest BCUT2D eigenvalue weighted by atomic mass is 9.98. The summed E-state index contributed by atoms with van der Waals surface area (Å²) in [6, 6.07) is 13.5. The van der Waals surface area contributed by atoms with Gasteiger partial charge in [-0.05, 0) is 74.2 Å². The summed E-state index contributed by atoms with van der Waals surface area (Å²) in [5.74, 6) is -0.498. The van der Waals surface area contributed by atoms with Crippen LogP contribution in [-0.4, -0.2) is 18.0 Å². The zero-order valence-electron chi connectivity index (χ0n) is 15.2. The lowest BCUT2D eigenvalue weighted by Crippen LogP contribution is -2.20. The molecule has 0 spiro atoms. The lowest BCUT2D eigenvalue weighted by molar-refractivity contribution is 0.0211. The number of hydrogen-bond donors (Lipinski definition) is 1. The molecule has 1 aromatic heterocycles. The topological polar surface area (TPSA) is 68.5 Å². The molecule has 0 unspecified atom stereocenters. The molecule has 0 atom stereocenters. The van der Waals surface area contributed by atoms with Crippen molar-refractivity contribution in [1.29, 1.82) is 0 Å². The monoisotopic (exact) mass is 397 g/mol. The molecule has 1 amide bonds. The number of esters is 1. The minimum atomic E-state index is -0.371. The van der Waals surface area contributed by atoms with Crippen molar-refractivity contribution in [3.05, 3.63) is 64.9 Å². The van der Waals surface area contributed by atoms with Gasteiger partial charge in [0.1, 0.15) is 11.7 Å². The molecule has 0 aliphatic heterocycles. The van der Waals surface area contributed by atoms with Gasteiger partial charge in [0.15, 0.2) is 5.76 Å². The summed E-state index contributed by atoms with van der Waals surface area (Å²) in [4.78, 5) is 24.7. The zero-order valence-corrected chi connectivity index (χ0v) is 16.0. The van der Waals surface area contributed by atoms with Crippen molar-refractivity contribution in [2.24, 2.45) is 0 Å². The third-order valence-corrected chi connectivity index (χ3v) is 5.14. The molecule has 1 heterocycles. The molecule has 0 bridgehead atoms. The predicted octanol–water partition coefficient (Wildman–Crippen LogP) is 5.83. The molecule has 2 aromatic carbocycles. The molecule has 144 valence electrons. The average Bonchev–Trinajstić information content (AvgIpc) is 3.12. The van der Waals surface area contributed by atoms with Gasteiger partial charge < -0.3 is 14.5 Å². The second-order valence-corrected chi connectivity index (χ2v) is 7.43. The molecule has 1 N–H and O–H groups in total. The standard InChI is InChI=1S/C22H20ClNO4/c23-16-8-11-19-15(12-16)13-20(28-19)21(25)24-17-9-6-14(7-10-17)22(26)27-18-4-2-1-3-5-18/h6-13,18H,1-5H2,(H,24,25). The zero-order chi connectivity index (χ0) is 19.5. The fourth-order valence-electron chi connectivity index (χ4n) is 3.41. The number of fused-ring (bicyclic) bond motifs is 1. The number of carbonyl (C=O) groups is 2. The van der Waals surface area contributed by atoms with Gasteiger partial charge in [-0.1, -0.05) is 18.0 Å². The highest BCUT2D eigenvalue weighted by atomic mass is 35.5. The first-order chi connectivity index (χ1) is 13.6. The first-order valence-corrected chi connectivity index (χ1v) is 9.78. The number of benzene rings is 2. The van der Waals surface area contributed by atoms with Gasteiger partial charge in [-0.25, -0.2) is 4.79 Å². The number of nitrogens with one attached hydrogen (secondary N) is 1. The van der Waals surface area contributed by atoms with Crippen LogP contribution in [0.4, 0.5) is 5.69 Å². The molecule has 1 aliphatic rings. The summed E-state index contributed by atoms with van der Waals surface area (Å²) < 4.78 is 11.1. The summed E-state index contributed by atoms with van der Waals surface area (Å²) in [5, 5.41) is 4.11. The van der Waals surface area contributed by atoms with Gasteiger partial charge in [-0.2, -0.15) is 0 Å². The Morgan fingerprint density at radius 1 is 1.00 bits per heavy atom. The highest BCUT2D eigenvalue weighted by Gasteiger charge is 2.19. The van der Waals surface area contributed by atoms with E-state index < -0.39 is 0 Å². The Bertz CT molecular complexity index is 1000. The third-order valence-electron chi connectivity index (χ3n) is 4.91. The molecule has 1 fully saturated rings. The first-order valence-electron chi connectivity index (χ1n) is 9.40. The third kappa shape index (κ3) is 4.20. The van der Waals surface area contributed by atoms with E-state index in [1.165, 1.54) is 6.42 Å². The Morgan fingerprint density at radius 2 is 1.75 bits per heavy atom. The Labute approximate surface area is 167 Å². The molecule has 1 saturated carbocycles. The van der Waals surface area contributed by atoms with Crippen molar-refractivity contribution in [2.75, 3.05) is 5.32 Å². The fraction of sp³-hybridized carbons (Fsp3) is 0.273. The van der Waals surface area contributed by atoms with Gasteiger partial charge in [0.25, 0.3) is 5.91 Å². The summed E-state index contributed by atoms with van der Waals surface area (Å²) in [6.45, 7) is 0. The van der Waals surface area contributed by atoms with Crippen LogP contribution in [0.5, 0.6) is 0 Å². The number of carbonyl (C=O) groups excluding carboxylic acids is 2. The smallest absolute Gasteiger partial charge is 0.338 e. The molecule has 0 saturated heterocycles. The largest absolute Gasteiger partial charge is 0.459 e. The van der Waals surface area contributed by atoms with Crippen LogP contribution in [0.3, 0.4) is 0 Å². The number of anilines is 1. The lowest BCUT2D eigenvalue weighted by Gasteiger charge is -2.21. The van der Waals surface area contributed by atoms with E-state index in [1.807, 2.05) is 0 Å². The number of ether oxygens (including phenoxy) is 1. The van der Waals surface area contributed by atoms with Gasteiger partial charge >= 0.3 is 5.97 Å². The number of rotatable bonds is 4. The minimum absolute atomic E-state index is 0.0159. The predicted molar refractivity (Wildman–Crippen MR) is 108 cm³/mol. The summed E-state index contributed by atoms with van der Waals surface area (Å²) in [7, 11) is 0. The maximum absolute atomic E-state index is 12.4. The van der Waals surface area contributed by atoms with Crippen molar-refractivity contribution in [1.82, 2.24) is 0 Å². The first kappa shape index (κ1) is 18.6. The molecule has 5 nitrogen and oxygen atoms in total. The Hall–Kier alpha value is -2.79. The SMILES string of the molecule is O=C(OC1CCCCC1)c1ccc(NC(=O)c2cc3cc(Cl)ccc3o2)cc1. The maximum Gasteiger partial charge on any atom is 0.338 e. The van der Waals surface area contributed by atoms with Crippen LogP contribution >= 0.6 is 11.6 Å². The normalized spacial score (nSPS) is 14.8. The number of furan rings is 1. The highest BCUT2D eigenvalue weighted by Crippen LogP contribution is 2.24. The molecule has 0 radical (unpaired) electrons. The van der Waals surface area contributed by atoms with E-state index >= 15 is 0 Å². The summed E-state index contributed by atoms with van der Waals surface area (Å²) in [6.07, 6.45) is 5.31. The Kier molecular flexibility index (Phi) is 5.35. The van der Waals surface area contributed by atoms with Crippen LogP contribution in [0.15, 0.2) is 52.9 Å². The average molecular weight is 398 g/mol. The van der Waals surface area contributed by atoms with Gasteiger partial charge in [0.2, 0.25) is 0 Å². The molecule has 1 aliphatic carbocycles. The van der Waals surface area contributed by atoms with Crippen molar-refractivity contribution in [2.45, 2.75) is 38.2 Å². The van der Waals surface area contributed by atoms with Crippen LogP contribution in [0, 0.1) is 0 Å². The van der Waals surface area contributed by atoms with Crippen molar-refractivity contribution < 1.29 is 18.7 Å². The molecule has 4 rings (SSSR count). The van der Waals surface area contributed by atoms with Crippen LogP contribution in [-0.2, 0) is 4.74 Å². The highest BCUT2D eigenvalue weighted by molar-refractivity contribution is 6.31. The number of hydrogen-bond acceptors (Lipinski definition) is 4. The van der Waals surface area contributed by atoms with E-state index in [0.29, 0.717) is 21.9 Å². The number of amides is 1. The van der Waals surface area contributed by atoms with Crippen LogP contribution in [0.2, 0.25) is 5.02 Å². The van der Waals surface area contributed by atoms with E-state index in [2.05, 4.69) is 5.32 Å². The second kappa shape index (κ2) is 8.07. The molecule has 6 heteroatoms. The summed E-state index contributed by atoms with van der Waals surface area (Å²) in [5.41, 5.74) is 1.63. The van der Waals surface area contributed by atoms with E-state index in [0.717, 1.165) is 31.1 Å². The molecule has 3 aromatic rings.